The van der Waals surface area contributed by atoms with Crippen LogP contribution in [0.4, 0.5) is 0 Å². The van der Waals surface area contributed by atoms with Gasteiger partial charge in [0.15, 0.2) is 0 Å². The van der Waals surface area contributed by atoms with Crippen LogP contribution < -0.4 is 5.32 Å². The van der Waals surface area contributed by atoms with Gasteiger partial charge in [0.1, 0.15) is 0 Å². The molecule has 0 heterocycles. The minimum atomic E-state index is 0.104. The Hall–Kier alpha value is -1.08. The predicted molar refractivity (Wildman–Crippen MR) is 85.6 cm³/mol. The molecule has 1 N–H and O–H groups in total. The lowest BCUT2D eigenvalue weighted by molar-refractivity contribution is 0.396. The van der Waals surface area contributed by atoms with Crippen molar-refractivity contribution < 1.29 is 0 Å². The molecule has 1 aromatic carbocycles. The molecule has 1 unspecified atom stereocenters. The Morgan fingerprint density at radius 2 is 1.47 bits per heavy atom. The van der Waals surface area contributed by atoms with Crippen molar-refractivity contribution in [3.05, 3.63) is 47.5 Å². The van der Waals surface area contributed by atoms with Crippen molar-refractivity contribution in [2.24, 2.45) is 0 Å². The maximum absolute atomic E-state index is 3.64. The van der Waals surface area contributed by atoms with Crippen molar-refractivity contribution in [3.8, 4) is 0 Å². The highest BCUT2D eigenvalue weighted by molar-refractivity contribution is 5.31. The van der Waals surface area contributed by atoms with Gasteiger partial charge in [0, 0.05) is 5.54 Å². The van der Waals surface area contributed by atoms with E-state index in [1.54, 1.807) is 0 Å². The molecule has 1 aromatic rings. The zero-order valence-corrected chi connectivity index (χ0v) is 13.5. The van der Waals surface area contributed by atoms with E-state index in [1.807, 2.05) is 0 Å². The molecule has 0 radical (unpaired) electrons. The molecule has 0 aliphatic carbocycles. The van der Waals surface area contributed by atoms with Crippen LogP contribution in [0.5, 0.6) is 0 Å². The van der Waals surface area contributed by atoms with Crippen molar-refractivity contribution in [1.29, 1.82) is 0 Å². The highest BCUT2D eigenvalue weighted by atomic mass is 15.0. The van der Waals surface area contributed by atoms with Gasteiger partial charge in [-0.2, -0.15) is 0 Å². The van der Waals surface area contributed by atoms with E-state index < -0.39 is 0 Å². The summed E-state index contributed by atoms with van der Waals surface area (Å²) < 4.78 is 0. The van der Waals surface area contributed by atoms with Gasteiger partial charge in [0.25, 0.3) is 0 Å². The third-order valence-electron chi connectivity index (χ3n) is 3.11. The van der Waals surface area contributed by atoms with E-state index in [0.717, 1.165) is 0 Å². The first-order chi connectivity index (χ1) is 8.63. The van der Waals surface area contributed by atoms with Crippen LogP contribution >= 0.6 is 0 Å². The minimum Gasteiger partial charge on any atom is -0.302 e. The van der Waals surface area contributed by atoms with E-state index in [4.69, 9.17) is 0 Å². The fourth-order valence-corrected chi connectivity index (χ4v) is 2.09. The lowest BCUT2D eigenvalue weighted by Crippen LogP contribution is -2.38. The molecule has 1 nitrogen and oxygen atoms in total. The van der Waals surface area contributed by atoms with Gasteiger partial charge in [-0.15, -0.1) is 0 Å². The standard InChI is InChI=1S/C18H29N/c1-8-9-16(19-18(5,6)7)14-10-12-15(13-11-14)17(2,3)4/h8-13,16,19H,1-7H3/b9-8-. The number of hydrogen-bond donors (Lipinski definition) is 1. The molecule has 1 heteroatoms. The van der Waals surface area contributed by atoms with Gasteiger partial charge < -0.3 is 5.32 Å². The minimum absolute atomic E-state index is 0.104. The van der Waals surface area contributed by atoms with E-state index in [1.165, 1.54) is 11.1 Å². The SMILES string of the molecule is C/C=C\C(NC(C)(C)C)c1ccc(C(C)(C)C)cc1. The van der Waals surface area contributed by atoms with Gasteiger partial charge in [-0.3, -0.25) is 0 Å². The molecule has 0 saturated heterocycles. The van der Waals surface area contributed by atoms with Gasteiger partial charge in [0.05, 0.1) is 6.04 Å². The van der Waals surface area contributed by atoms with Gasteiger partial charge in [-0.1, -0.05) is 57.2 Å². The molecule has 0 aliphatic rings. The monoisotopic (exact) mass is 259 g/mol. The van der Waals surface area contributed by atoms with Gasteiger partial charge in [-0.05, 0) is 44.2 Å². The largest absolute Gasteiger partial charge is 0.302 e. The Labute approximate surface area is 119 Å². The summed E-state index contributed by atoms with van der Waals surface area (Å²) in [5.74, 6) is 0. The average Bonchev–Trinajstić information content (AvgIpc) is 2.26. The second kappa shape index (κ2) is 5.92. The maximum atomic E-state index is 3.64. The molecule has 0 saturated carbocycles. The van der Waals surface area contributed by atoms with Crippen molar-refractivity contribution in [1.82, 2.24) is 5.32 Å². The van der Waals surface area contributed by atoms with Crippen LogP contribution in [-0.4, -0.2) is 5.54 Å². The highest BCUT2D eigenvalue weighted by Crippen LogP contribution is 2.25. The summed E-state index contributed by atoms with van der Waals surface area (Å²) in [6.45, 7) is 15.4. The van der Waals surface area contributed by atoms with E-state index >= 15 is 0 Å². The van der Waals surface area contributed by atoms with E-state index in [0.29, 0.717) is 0 Å². The number of rotatable bonds is 3. The van der Waals surface area contributed by atoms with Crippen LogP contribution in [0.2, 0.25) is 0 Å². The molecular weight excluding hydrogens is 230 g/mol. The summed E-state index contributed by atoms with van der Waals surface area (Å²) in [4.78, 5) is 0. The second-order valence-corrected chi connectivity index (χ2v) is 7.27. The smallest absolute Gasteiger partial charge is 0.0510 e. The quantitative estimate of drug-likeness (QED) is 0.754. The molecule has 0 spiro atoms. The van der Waals surface area contributed by atoms with E-state index in [2.05, 4.69) is 90.2 Å². The summed E-state index contributed by atoms with van der Waals surface area (Å²) in [6.07, 6.45) is 4.33. The molecular formula is C18H29N. The third kappa shape index (κ3) is 5.20. The second-order valence-electron chi connectivity index (χ2n) is 7.27. The lowest BCUT2D eigenvalue weighted by atomic mass is 9.86. The molecule has 1 rings (SSSR count). The van der Waals surface area contributed by atoms with Crippen LogP contribution in [-0.2, 0) is 5.41 Å². The number of nitrogens with one attached hydrogen (secondary N) is 1. The van der Waals surface area contributed by atoms with Crippen molar-refractivity contribution in [2.45, 2.75) is 65.5 Å². The van der Waals surface area contributed by atoms with Crippen LogP contribution in [0.3, 0.4) is 0 Å². The normalized spacial score (nSPS) is 14.9. The van der Waals surface area contributed by atoms with Gasteiger partial charge in [0.2, 0.25) is 0 Å². The Kier molecular flexibility index (Phi) is 4.98. The summed E-state index contributed by atoms with van der Waals surface area (Å²) >= 11 is 0. The molecule has 19 heavy (non-hydrogen) atoms. The molecule has 0 fully saturated rings. The van der Waals surface area contributed by atoms with Crippen LogP contribution in [0, 0.1) is 0 Å². The Bertz CT molecular complexity index is 412. The van der Waals surface area contributed by atoms with Gasteiger partial charge in [-0.25, -0.2) is 0 Å². The zero-order chi connectivity index (χ0) is 14.7. The summed E-state index contributed by atoms with van der Waals surface area (Å²) in [6, 6.07) is 9.25. The molecule has 1 atom stereocenters. The molecule has 0 aromatic heterocycles. The maximum Gasteiger partial charge on any atom is 0.0510 e. The predicted octanol–water partition coefficient (Wildman–Crippen LogP) is 4.99. The Morgan fingerprint density at radius 1 is 0.947 bits per heavy atom. The first-order valence-corrected chi connectivity index (χ1v) is 7.14. The lowest BCUT2D eigenvalue weighted by Gasteiger charge is -2.28. The Balaban J connectivity index is 2.98. The highest BCUT2D eigenvalue weighted by Gasteiger charge is 2.18. The van der Waals surface area contributed by atoms with Crippen LogP contribution in [0.25, 0.3) is 0 Å². The fraction of sp³-hybridized carbons (Fsp3) is 0.556. The average molecular weight is 259 g/mol. The van der Waals surface area contributed by atoms with Crippen LogP contribution in [0.1, 0.15) is 65.6 Å². The zero-order valence-electron chi connectivity index (χ0n) is 13.5. The third-order valence-corrected chi connectivity index (χ3v) is 3.11. The van der Waals surface area contributed by atoms with E-state index in [-0.39, 0.29) is 17.0 Å². The number of hydrogen-bond acceptors (Lipinski definition) is 1. The summed E-state index contributed by atoms with van der Waals surface area (Å²) in [5.41, 5.74) is 3.02. The van der Waals surface area contributed by atoms with Gasteiger partial charge >= 0.3 is 0 Å². The topological polar surface area (TPSA) is 12.0 Å². The molecule has 106 valence electrons. The Morgan fingerprint density at radius 3 is 1.84 bits per heavy atom. The molecule has 0 bridgehead atoms. The fourth-order valence-electron chi connectivity index (χ4n) is 2.09. The number of benzene rings is 1. The first kappa shape index (κ1) is 16.0. The summed E-state index contributed by atoms with van der Waals surface area (Å²) in [7, 11) is 0. The van der Waals surface area contributed by atoms with Crippen LogP contribution in [0.15, 0.2) is 36.4 Å². The first-order valence-electron chi connectivity index (χ1n) is 7.14. The van der Waals surface area contributed by atoms with Crippen molar-refractivity contribution in [3.63, 3.8) is 0 Å². The molecule has 0 aliphatic heterocycles. The summed E-state index contributed by atoms with van der Waals surface area (Å²) in [5, 5.41) is 3.64. The van der Waals surface area contributed by atoms with E-state index in [9.17, 15) is 0 Å². The van der Waals surface area contributed by atoms with Crippen molar-refractivity contribution in [2.75, 3.05) is 0 Å². The number of allylic oxidation sites excluding steroid dienone is 1. The van der Waals surface area contributed by atoms with Crippen molar-refractivity contribution >= 4 is 0 Å². The molecule has 0 amide bonds.